The summed E-state index contributed by atoms with van der Waals surface area (Å²) < 4.78 is 7.54. The highest BCUT2D eigenvalue weighted by atomic mass is 35.5. The van der Waals surface area contributed by atoms with Gasteiger partial charge in [0.1, 0.15) is 0 Å². The third-order valence-electron chi connectivity index (χ3n) is 5.10. The molecule has 1 amide bonds. The highest BCUT2D eigenvalue weighted by Crippen LogP contribution is 2.35. The number of benzene rings is 3. The molecule has 0 saturated heterocycles. The van der Waals surface area contributed by atoms with Crippen LogP contribution in [0.2, 0.25) is 5.02 Å². The van der Waals surface area contributed by atoms with Crippen LogP contribution in [0.3, 0.4) is 0 Å². The number of nitrogens with zero attached hydrogens (tertiary/aromatic N) is 4. The average Bonchev–Trinajstić information content (AvgIpc) is 3.18. The highest BCUT2D eigenvalue weighted by Gasteiger charge is 2.21. The van der Waals surface area contributed by atoms with Crippen molar-refractivity contribution in [1.82, 2.24) is 14.8 Å². The van der Waals surface area contributed by atoms with Crippen LogP contribution in [0.25, 0.3) is 27.4 Å². The molecule has 3 aromatic carbocycles. The second kappa shape index (κ2) is 7.74. The molecule has 0 saturated carbocycles. The summed E-state index contributed by atoms with van der Waals surface area (Å²) in [4.78, 5) is 18.4. The van der Waals surface area contributed by atoms with Gasteiger partial charge in [-0.25, -0.2) is 9.48 Å². The van der Waals surface area contributed by atoms with Gasteiger partial charge < -0.3 is 4.74 Å². The quantitative estimate of drug-likeness (QED) is 0.361. The van der Waals surface area contributed by atoms with Crippen LogP contribution in [0.1, 0.15) is 0 Å². The monoisotopic (exact) mass is 428 g/mol. The van der Waals surface area contributed by atoms with Crippen LogP contribution in [0.5, 0.6) is 5.88 Å². The third kappa shape index (κ3) is 3.47. The van der Waals surface area contributed by atoms with Crippen molar-refractivity contribution >= 4 is 45.1 Å². The Morgan fingerprint density at radius 1 is 1.00 bits per heavy atom. The molecular weight excluding hydrogens is 412 g/mol. The smallest absolute Gasteiger partial charge is 0.389 e. The van der Waals surface area contributed by atoms with Crippen molar-refractivity contribution in [2.75, 3.05) is 11.9 Å². The number of rotatable bonds is 3. The van der Waals surface area contributed by atoms with E-state index < -0.39 is 6.09 Å². The topological polar surface area (TPSA) is 60.3 Å². The molecule has 7 heteroatoms. The maximum Gasteiger partial charge on any atom is 0.420 e. The lowest BCUT2D eigenvalue weighted by Crippen LogP contribution is -2.29. The van der Waals surface area contributed by atoms with Crippen LogP contribution in [-0.4, -0.2) is 27.9 Å². The van der Waals surface area contributed by atoms with E-state index in [2.05, 4.69) is 10.1 Å². The highest BCUT2D eigenvalue weighted by molar-refractivity contribution is 6.31. The van der Waals surface area contributed by atoms with Gasteiger partial charge in [0.25, 0.3) is 5.88 Å². The molecule has 0 N–H and O–H groups in total. The number of aromatic nitrogens is 3. The largest absolute Gasteiger partial charge is 0.420 e. The number of fused-ring (bicyclic) bond motifs is 3. The van der Waals surface area contributed by atoms with Gasteiger partial charge in [0, 0.05) is 30.2 Å². The fraction of sp³-hybridized carbons (Fsp3) is 0.0417. The summed E-state index contributed by atoms with van der Waals surface area (Å²) in [6.45, 7) is 0. The first-order chi connectivity index (χ1) is 15.1. The molecule has 31 heavy (non-hydrogen) atoms. The number of para-hydroxylation sites is 1. The summed E-state index contributed by atoms with van der Waals surface area (Å²) in [6, 6.07) is 22.5. The Balaban J connectivity index is 1.67. The lowest BCUT2D eigenvalue weighted by atomic mass is 10.1. The summed E-state index contributed by atoms with van der Waals surface area (Å²) >= 11 is 6.18. The van der Waals surface area contributed by atoms with Gasteiger partial charge in [-0.2, -0.15) is 0 Å². The summed E-state index contributed by atoms with van der Waals surface area (Å²) in [5.74, 6) is 0.229. The van der Waals surface area contributed by atoms with E-state index in [-0.39, 0.29) is 5.88 Å². The number of carbonyl (C=O) groups is 1. The SMILES string of the molecule is CN(C(=O)Oc1nn(-c2ccncc2)c2ccc3cc(Cl)ccc3c12)c1ccccc1. The Labute approximate surface area is 183 Å². The minimum atomic E-state index is -0.529. The van der Waals surface area contributed by atoms with Crippen LogP contribution >= 0.6 is 11.6 Å². The van der Waals surface area contributed by atoms with Gasteiger partial charge in [0.15, 0.2) is 0 Å². The molecule has 0 bridgehead atoms. The number of hydrogen-bond acceptors (Lipinski definition) is 4. The second-order valence-corrected chi connectivity index (χ2v) is 7.45. The van der Waals surface area contributed by atoms with Crippen molar-refractivity contribution in [3.8, 4) is 11.6 Å². The maximum atomic E-state index is 12.9. The van der Waals surface area contributed by atoms with Gasteiger partial charge in [-0.15, -0.1) is 5.10 Å². The molecule has 0 aliphatic rings. The molecule has 0 aliphatic carbocycles. The Morgan fingerprint density at radius 2 is 1.77 bits per heavy atom. The number of carbonyl (C=O) groups excluding carboxylic acids is 1. The molecule has 5 rings (SSSR count). The van der Waals surface area contributed by atoms with E-state index in [0.29, 0.717) is 5.02 Å². The number of pyridine rings is 1. The fourth-order valence-electron chi connectivity index (χ4n) is 3.55. The predicted molar refractivity (Wildman–Crippen MR) is 122 cm³/mol. The van der Waals surface area contributed by atoms with Gasteiger partial charge >= 0.3 is 6.09 Å². The first-order valence-electron chi connectivity index (χ1n) is 9.64. The zero-order chi connectivity index (χ0) is 21.4. The van der Waals surface area contributed by atoms with E-state index in [1.165, 1.54) is 4.90 Å². The molecule has 0 spiro atoms. The van der Waals surface area contributed by atoms with Crippen molar-refractivity contribution in [1.29, 1.82) is 0 Å². The Hall–Kier alpha value is -3.90. The molecule has 0 unspecified atom stereocenters. The summed E-state index contributed by atoms with van der Waals surface area (Å²) in [5, 5.41) is 7.84. The number of halogens is 1. The zero-order valence-corrected chi connectivity index (χ0v) is 17.3. The number of amides is 1. The first kappa shape index (κ1) is 19.1. The molecule has 0 fully saturated rings. The molecule has 0 atom stereocenters. The Kier molecular flexibility index (Phi) is 4.76. The zero-order valence-electron chi connectivity index (χ0n) is 16.6. The molecular formula is C24H17ClN4O2. The summed E-state index contributed by atoms with van der Waals surface area (Å²) in [7, 11) is 1.66. The van der Waals surface area contributed by atoms with E-state index in [1.54, 1.807) is 24.1 Å². The van der Waals surface area contributed by atoms with Gasteiger partial charge in [0.2, 0.25) is 0 Å². The number of ether oxygens (including phenoxy) is 1. The molecule has 152 valence electrons. The number of anilines is 1. The molecule has 5 aromatic rings. The summed E-state index contributed by atoms with van der Waals surface area (Å²) in [5.41, 5.74) is 2.35. The normalized spacial score (nSPS) is 11.0. The lowest BCUT2D eigenvalue weighted by molar-refractivity contribution is 0.207. The molecule has 2 heterocycles. The van der Waals surface area contributed by atoms with Crippen molar-refractivity contribution in [3.63, 3.8) is 0 Å². The molecule has 0 aliphatic heterocycles. The molecule has 0 radical (unpaired) electrons. The van der Waals surface area contributed by atoms with Crippen LogP contribution in [0, 0.1) is 0 Å². The standard InChI is InChI=1S/C24H17ClN4O2/c1-28(18-5-3-2-4-6-18)24(30)31-23-22-20-9-8-17(25)15-16(20)7-10-21(22)29(27-23)19-11-13-26-14-12-19/h2-15H,1H3. The van der Waals surface area contributed by atoms with E-state index in [4.69, 9.17) is 16.3 Å². The van der Waals surface area contributed by atoms with E-state index >= 15 is 0 Å². The van der Waals surface area contributed by atoms with Crippen molar-refractivity contribution < 1.29 is 9.53 Å². The minimum absolute atomic E-state index is 0.229. The second-order valence-electron chi connectivity index (χ2n) is 7.01. The Bertz CT molecular complexity index is 1400. The Morgan fingerprint density at radius 3 is 2.55 bits per heavy atom. The van der Waals surface area contributed by atoms with Crippen LogP contribution in [0.4, 0.5) is 10.5 Å². The third-order valence-corrected chi connectivity index (χ3v) is 5.34. The predicted octanol–water partition coefficient (Wildman–Crippen LogP) is 5.86. The van der Waals surface area contributed by atoms with E-state index in [1.807, 2.05) is 72.8 Å². The first-order valence-corrected chi connectivity index (χ1v) is 10.0. The number of hydrogen-bond donors (Lipinski definition) is 0. The van der Waals surface area contributed by atoms with E-state index in [0.717, 1.165) is 33.1 Å². The van der Waals surface area contributed by atoms with E-state index in [9.17, 15) is 4.79 Å². The summed E-state index contributed by atoms with van der Waals surface area (Å²) in [6.07, 6.45) is 2.86. The minimum Gasteiger partial charge on any atom is -0.389 e. The average molecular weight is 429 g/mol. The van der Waals surface area contributed by atoms with Gasteiger partial charge in [0.05, 0.1) is 16.6 Å². The van der Waals surface area contributed by atoms with Crippen molar-refractivity contribution in [2.24, 2.45) is 0 Å². The fourth-order valence-corrected chi connectivity index (χ4v) is 3.73. The molecule has 6 nitrogen and oxygen atoms in total. The van der Waals surface area contributed by atoms with Crippen LogP contribution in [0.15, 0.2) is 85.2 Å². The van der Waals surface area contributed by atoms with Crippen molar-refractivity contribution in [3.05, 3.63) is 90.2 Å². The van der Waals surface area contributed by atoms with Gasteiger partial charge in [-0.05, 0) is 53.2 Å². The van der Waals surface area contributed by atoms with Crippen LogP contribution in [-0.2, 0) is 0 Å². The lowest BCUT2D eigenvalue weighted by Gasteiger charge is -2.16. The van der Waals surface area contributed by atoms with Gasteiger partial charge in [-0.3, -0.25) is 9.88 Å². The molecule has 2 aromatic heterocycles. The van der Waals surface area contributed by atoms with Crippen molar-refractivity contribution in [2.45, 2.75) is 0 Å². The van der Waals surface area contributed by atoms with Crippen LogP contribution < -0.4 is 9.64 Å². The maximum absolute atomic E-state index is 12.9. The van der Waals surface area contributed by atoms with Gasteiger partial charge in [-0.1, -0.05) is 41.9 Å².